The van der Waals surface area contributed by atoms with Crippen molar-refractivity contribution in [3.63, 3.8) is 0 Å². The zero-order valence-electron chi connectivity index (χ0n) is 8.97. The Hall–Kier alpha value is -0.340. The first-order valence-electron chi connectivity index (χ1n) is 5.21. The zero-order valence-corrected chi connectivity index (χ0v) is 8.97. The van der Waals surface area contributed by atoms with Gasteiger partial charge in [-0.3, -0.25) is 0 Å². The Labute approximate surface area is 81.4 Å². The van der Waals surface area contributed by atoms with Crippen LogP contribution in [-0.4, -0.2) is 26.3 Å². The Morgan fingerprint density at radius 1 is 1.62 bits per heavy atom. The fourth-order valence-corrected chi connectivity index (χ4v) is 1.63. The van der Waals surface area contributed by atoms with E-state index in [0.717, 1.165) is 13.2 Å². The summed E-state index contributed by atoms with van der Waals surface area (Å²) in [7, 11) is 1.99. The normalized spacial score (nSPS) is 24.3. The molecule has 0 aliphatic carbocycles. The maximum absolute atomic E-state index is 5.58. The highest BCUT2D eigenvalue weighted by molar-refractivity contribution is 5.10. The fraction of sp³-hybridized carbons (Fsp3) is 0.818. The number of likely N-dealkylation sites (N-methyl/N-ethyl adjacent to an activating group) is 1. The molecule has 2 nitrogen and oxygen atoms in total. The van der Waals surface area contributed by atoms with Gasteiger partial charge < -0.3 is 10.1 Å². The molecule has 1 saturated heterocycles. The van der Waals surface area contributed by atoms with Gasteiger partial charge in [0, 0.05) is 13.2 Å². The van der Waals surface area contributed by atoms with Gasteiger partial charge in [-0.15, -0.1) is 0 Å². The molecule has 0 aromatic carbocycles. The van der Waals surface area contributed by atoms with E-state index in [1.807, 2.05) is 7.05 Å². The predicted octanol–water partition coefficient (Wildman–Crippen LogP) is 1.97. The predicted molar refractivity (Wildman–Crippen MR) is 55.8 cm³/mol. The summed E-state index contributed by atoms with van der Waals surface area (Å²) in [5, 5.41) is 3.20. The van der Waals surface area contributed by atoms with Gasteiger partial charge in [0.25, 0.3) is 0 Å². The molecule has 1 aliphatic heterocycles. The van der Waals surface area contributed by atoms with Crippen LogP contribution in [-0.2, 0) is 4.74 Å². The van der Waals surface area contributed by atoms with E-state index >= 15 is 0 Å². The number of ether oxygens (including phenoxy) is 1. The summed E-state index contributed by atoms with van der Waals surface area (Å²) in [5.41, 5.74) is 1.47. The zero-order chi connectivity index (χ0) is 9.68. The van der Waals surface area contributed by atoms with Gasteiger partial charge in [-0.05, 0) is 25.8 Å². The van der Waals surface area contributed by atoms with Crippen LogP contribution in [0.4, 0.5) is 0 Å². The molecule has 13 heavy (non-hydrogen) atoms. The lowest BCUT2D eigenvalue weighted by Gasteiger charge is -2.13. The smallest absolute Gasteiger partial charge is 0.0759 e. The third kappa shape index (κ3) is 3.49. The molecular weight excluding hydrogens is 162 g/mol. The van der Waals surface area contributed by atoms with E-state index in [1.54, 1.807) is 0 Å². The number of rotatable bonds is 4. The molecule has 1 N–H and O–H groups in total. The molecule has 1 atom stereocenters. The van der Waals surface area contributed by atoms with Gasteiger partial charge in [0.1, 0.15) is 0 Å². The van der Waals surface area contributed by atoms with Crippen molar-refractivity contribution in [2.75, 3.05) is 20.2 Å². The minimum absolute atomic E-state index is 0.380. The third-order valence-electron chi connectivity index (χ3n) is 2.49. The largest absolute Gasteiger partial charge is 0.374 e. The van der Waals surface area contributed by atoms with Crippen LogP contribution in [0.25, 0.3) is 0 Å². The van der Waals surface area contributed by atoms with Crippen molar-refractivity contribution in [3.8, 4) is 0 Å². The van der Waals surface area contributed by atoms with Crippen LogP contribution in [0.2, 0.25) is 0 Å². The Morgan fingerprint density at radius 3 is 2.85 bits per heavy atom. The number of hydrogen-bond acceptors (Lipinski definition) is 2. The van der Waals surface area contributed by atoms with Crippen LogP contribution in [0.15, 0.2) is 11.6 Å². The second-order valence-corrected chi connectivity index (χ2v) is 3.98. The highest BCUT2D eigenvalue weighted by atomic mass is 16.5. The molecule has 1 fully saturated rings. The molecule has 1 heterocycles. The summed E-state index contributed by atoms with van der Waals surface area (Å²) in [5.74, 6) is 0.622. The van der Waals surface area contributed by atoms with Crippen LogP contribution in [0.5, 0.6) is 0 Å². The molecule has 0 spiro atoms. The quantitative estimate of drug-likeness (QED) is 0.673. The van der Waals surface area contributed by atoms with Crippen molar-refractivity contribution < 1.29 is 4.74 Å². The Bertz CT molecular complexity index is 169. The Kier molecular flexibility index (Phi) is 4.46. The molecule has 0 saturated carbocycles. The lowest BCUT2D eigenvalue weighted by atomic mass is 10.0. The lowest BCUT2D eigenvalue weighted by molar-refractivity contribution is 0.144. The SMILES string of the molecule is CNC/C(=C\C1CCCO1)C(C)C. The van der Waals surface area contributed by atoms with E-state index in [1.165, 1.54) is 18.4 Å². The number of hydrogen-bond donors (Lipinski definition) is 1. The number of nitrogens with one attached hydrogen (secondary N) is 1. The topological polar surface area (TPSA) is 21.3 Å². The second kappa shape index (κ2) is 5.40. The van der Waals surface area contributed by atoms with Crippen LogP contribution < -0.4 is 5.32 Å². The molecule has 0 radical (unpaired) electrons. The highest BCUT2D eigenvalue weighted by Crippen LogP contribution is 2.17. The standard InChI is InChI=1S/C11H21NO/c1-9(2)10(8-12-3)7-11-5-4-6-13-11/h7,9,11-12H,4-6,8H2,1-3H3/b10-7+. The van der Waals surface area contributed by atoms with Gasteiger partial charge in [0.15, 0.2) is 0 Å². The maximum Gasteiger partial charge on any atom is 0.0759 e. The van der Waals surface area contributed by atoms with Crippen molar-refractivity contribution >= 4 is 0 Å². The Morgan fingerprint density at radius 2 is 2.38 bits per heavy atom. The Balaban J connectivity index is 2.50. The summed E-state index contributed by atoms with van der Waals surface area (Å²) in [6.07, 6.45) is 5.09. The van der Waals surface area contributed by atoms with Gasteiger partial charge in [-0.2, -0.15) is 0 Å². The minimum atomic E-state index is 0.380. The first-order chi connectivity index (χ1) is 6.24. The van der Waals surface area contributed by atoms with Gasteiger partial charge in [-0.25, -0.2) is 0 Å². The van der Waals surface area contributed by atoms with Crippen molar-refractivity contribution in [2.45, 2.75) is 32.8 Å². The molecule has 76 valence electrons. The molecular formula is C11H21NO. The summed E-state index contributed by atoms with van der Waals surface area (Å²) in [6.45, 7) is 6.39. The molecule has 0 aromatic rings. The first kappa shape index (κ1) is 10.7. The van der Waals surface area contributed by atoms with Crippen molar-refractivity contribution in [1.29, 1.82) is 0 Å². The highest BCUT2D eigenvalue weighted by Gasteiger charge is 2.14. The molecule has 0 aromatic heterocycles. The van der Waals surface area contributed by atoms with E-state index in [9.17, 15) is 0 Å². The van der Waals surface area contributed by atoms with Gasteiger partial charge in [0.2, 0.25) is 0 Å². The van der Waals surface area contributed by atoms with Crippen molar-refractivity contribution in [1.82, 2.24) is 5.32 Å². The van der Waals surface area contributed by atoms with Gasteiger partial charge in [-0.1, -0.05) is 25.5 Å². The van der Waals surface area contributed by atoms with Crippen molar-refractivity contribution in [2.24, 2.45) is 5.92 Å². The molecule has 1 aliphatic rings. The fourth-order valence-electron chi connectivity index (χ4n) is 1.63. The average Bonchev–Trinajstić information content (AvgIpc) is 2.56. The summed E-state index contributed by atoms with van der Waals surface area (Å²) in [6, 6.07) is 0. The van der Waals surface area contributed by atoms with Crippen LogP contribution >= 0.6 is 0 Å². The van der Waals surface area contributed by atoms with E-state index in [0.29, 0.717) is 12.0 Å². The molecule has 0 amide bonds. The van der Waals surface area contributed by atoms with E-state index in [4.69, 9.17) is 4.74 Å². The minimum Gasteiger partial charge on any atom is -0.374 e. The first-order valence-corrected chi connectivity index (χ1v) is 5.21. The molecule has 2 heteroatoms. The van der Waals surface area contributed by atoms with Gasteiger partial charge >= 0.3 is 0 Å². The summed E-state index contributed by atoms with van der Waals surface area (Å²) < 4.78 is 5.58. The van der Waals surface area contributed by atoms with Gasteiger partial charge in [0.05, 0.1) is 6.10 Å². The molecule has 1 unspecified atom stereocenters. The third-order valence-corrected chi connectivity index (χ3v) is 2.49. The van der Waals surface area contributed by atoms with Crippen LogP contribution in [0, 0.1) is 5.92 Å². The lowest BCUT2D eigenvalue weighted by Crippen LogP contribution is -2.16. The average molecular weight is 183 g/mol. The monoisotopic (exact) mass is 183 g/mol. The van der Waals surface area contributed by atoms with E-state index in [2.05, 4.69) is 25.2 Å². The molecule has 1 rings (SSSR count). The van der Waals surface area contributed by atoms with Crippen LogP contribution in [0.1, 0.15) is 26.7 Å². The summed E-state index contributed by atoms with van der Waals surface area (Å²) >= 11 is 0. The van der Waals surface area contributed by atoms with E-state index < -0.39 is 0 Å². The van der Waals surface area contributed by atoms with E-state index in [-0.39, 0.29) is 0 Å². The van der Waals surface area contributed by atoms with Crippen molar-refractivity contribution in [3.05, 3.63) is 11.6 Å². The van der Waals surface area contributed by atoms with Crippen LogP contribution in [0.3, 0.4) is 0 Å². The second-order valence-electron chi connectivity index (χ2n) is 3.98. The molecule has 0 bridgehead atoms. The summed E-state index contributed by atoms with van der Waals surface area (Å²) in [4.78, 5) is 0. The maximum atomic E-state index is 5.58.